The maximum Gasteiger partial charge on any atom is 0.101 e. The first-order valence-corrected chi connectivity index (χ1v) is 2.78. The van der Waals surface area contributed by atoms with Crippen molar-refractivity contribution in [2.45, 2.75) is 0 Å². The largest absolute Gasteiger partial charge is 0.370 e. The summed E-state index contributed by atoms with van der Waals surface area (Å²) in [5, 5.41) is 0. The summed E-state index contributed by atoms with van der Waals surface area (Å²) >= 11 is 0. The average Bonchev–Trinajstić information content (AvgIpc) is 1.69. The predicted octanol–water partition coefficient (Wildman–Crippen LogP) is -1.47. The van der Waals surface area contributed by atoms with Crippen LogP contribution >= 0.6 is 0 Å². The Morgan fingerprint density at radius 2 is 1.86 bits per heavy atom. The number of rotatable bonds is 0. The molecule has 1 aliphatic heterocycles. The monoisotopic (exact) mass is 102 g/mol. The molecule has 1 heterocycles. The van der Waals surface area contributed by atoms with Gasteiger partial charge in [-0.1, -0.05) is 0 Å². The number of hydrogen-bond donors (Lipinski definition) is 1. The minimum Gasteiger partial charge on any atom is -0.370 e. The summed E-state index contributed by atoms with van der Waals surface area (Å²) < 4.78 is 5.12. The van der Waals surface area contributed by atoms with Crippen LogP contribution in [-0.2, 0) is 4.74 Å². The van der Waals surface area contributed by atoms with Gasteiger partial charge < -0.3 is 9.64 Å². The third-order valence-electron chi connectivity index (χ3n) is 1.35. The Morgan fingerprint density at radius 3 is 2.14 bits per heavy atom. The molecule has 0 aliphatic carbocycles. The highest BCUT2D eigenvalue weighted by Gasteiger charge is 2.05. The Labute approximate surface area is 44.1 Å². The van der Waals surface area contributed by atoms with E-state index in [1.165, 1.54) is 13.1 Å². The topological polar surface area (TPSA) is 13.7 Å². The Kier molecular flexibility index (Phi) is 1.65. The van der Waals surface area contributed by atoms with E-state index in [1.54, 1.807) is 4.90 Å². The summed E-state index contributed by atoms with van der Waals surface area (Å²) in [7, 11) is 2.20. The van der Waals surface area contributed by atoms with Crippen molar-refractivity contribution in [3.05, 3.63) is 0 Å². The van der Waals surface area contributed by atoms with Gasteiger partial charge >= 0.3 is 0 Å². The van der Waals surface area contributed by atoms with E-state index in [-0.39, 0.29) is 0 Å². The molecule has 0 aromatic heterocycles. The first-order valence-electron chi connectivity index (χ1n) is 2.78. The zero-order chi connectivity index (χ0) is 5.11. The van der Waals surface area contributed by atoms with Crippen LogP contribution in [-0.4, -0.2) is 33.4 Å². The lowest BCUT2D eigenvalue weighted by Gasteiger charge is -2.18. The highest BCUT2D eigenvalue weighted by Crippen LogP contribution is 1.71. The molecule has 2 nitrogen and oxygen atoms in total. The SMILES string of the molecule is C[NH+]1CCOCC1. The molecule has 1 fully saturated rings. The van der Waals surface area contributed by atoms with Crippen molar-refractivity contribution in [2.75, 3.05) is 33.4 Å². The van der Waals surface area contributed by atoms with Gasteiger partial charge in [0.1, 0.15) is 13.1 Å². The smallest absolute Gasteiger partial charge is 0.101 e. The minimum atomic E-state index is 0.950. The fraction of sp³-hybridized carbons (Fsp3) is 1.00. The van der Waals surface area contributed by atoms with Gasteiger partial charge in [0.15, 0.2) is 0 Å². The normalized spacial score (nSPS) is 25.3. The van der Waals surface area contributed by atoms with Crippen LogP contribution in [0.25, 0.3) is 0 Å². The first-order chi connectivity index (χ1) is 3.39. The molecule has 0 aromatic carbocycles. The van der Waals surface area contributed by atoms with Gasteiger partial charge in [-0.2, -0.15) is 0 Å². The molecule has 42 valence electrons. The standard InChI is InChI=1S/C5H11NO/c1-6-2-4-7-5-3-6/h2-5H2,1H3/p+1. The van der Waals surface area contributed by atoms with Crippen molar-refractivity contribution in [1.82, 2.24) is 0 Å². The van der Waals surface area contributed by atoms with Gasteiger partial charge in [0.05, 0.1) is 20.3 Å². The third kappa shape index (κ3) is 1.45. The molecule has 0 saturated carbocycles. The number of nitrogens with one attached hydrogen (secondary N) is 1. The molecule has 0 bridgehead atoms. The van der Waals surface area contributed by atoms with Gasteiger partial charge in [0.25, 0.3) is 0 Å². The Morgan fingerprint density at radius 1 is 1.29 bits per heavy atom. The summed E-state index contributed by atoms with van der Waals surface area (Å²) in [6, 6.07) is 0. The molecule has 0 spiro atoms. The van der Waals surface area contributed by atoms with Crippen molar-refractivity contribution in [1.29, 1.82) is 0 Å². The third-order valence-corrected chi connectivity index (χ3v) is 1.35. The maximum absolute atomic E-state index is 5.12. The summed E-state index contributed by atoms with van der Waals surface area (Å²) in [4.78, 5) is 1.59. The van der Waals surface area contributed by atoms with E-state index in [1.807, 2.05) is 0 Å². The molecule has 1 aliphatic rings. The number of likely N-dealkylation sites (N-methyl/N-ethyl adjacent to an activating group) is 1. The molecule has 0 atom stereocenters. The quantitative estimate of drug-likeness (QED) is 0.394. The van der Waals surface area contributed by atoms with Crippen molar-refractivity contribution >= 4 is 0 Å². The van der Waals surface area contributed by atoms with Crippen molar-refractivity contribution < 1.29 is 9.64 Å². The van der Waals surface area contributed by atoms with Gasteiger partial charge in [-0.3, -0.25) is 0 Å². The van der Waals surface area contributed by atoms with Crippen LogP contribution in [0, 0.1) is 0 Å². The molecule has 1 saturated heterocycles. The summed E-state index contributed by atoms with van der Waals surface area (Å²) in [5.74, 6) is 0. The number of quaternary nitrogens is 1. The van der Waals surface area contributed by atoms with Crippen LogP contribution in [0.1, 0.15) is 0 Å². The molecule has 0 aromatic rings. The van der Waals surface area contributed by atoms with Crippen molar-refractivity contribution in [3.63, 3.8) is 0 Å². The molecule has 1 N–H and O–H groups in total. The molecule has 0 amide bonds. The maximum atomic E-state index is 5.12. The van der Waals surface area contributed by atoms with Crippen LogP contribution in [0.15, 0.2) is 0 Å². The van der Waals surface area contributed by atoms with Crippen LogP contribution in [0.4, 0.5) is 0 Å². The van der Waals surface area contributed by atoms with Gasteiger partial charge in [-0.05, 0) is 0 Å². The predicted molar refractivity (Wildman–Crippen MR) is 27.4 cm³/mol. The van der Waals surface area contributed by atoms with E-state index >= 15 is 0 Å². The Hall–Kier alpha value is -0.0800. The second-order valence-electron chi connectivity index (χ2n) is 2.07. The molecule has 0 radical (unpaired) electrons. The summed E-state index contributed by atoms with van der Waals surface area (Å²) in [6.07, 6.45) is 0. The lowest BCUT2D eigenvalue weighted by atomic mass is 10.5. The molecular formula is C5H12NO+. The van der Waals surface area contributed by atoms with Gasteiger partial charge in [-0.15, -0.1) is 0 Å². The van der Waals surface area contributed by atoms with E-state index < -0.39 is 0 Å². The lowest BCUT2D eigenvalue weighted by molar-refractivity contribution is -0.888. The van der Waals surface area contributed by atoms with Crippen LogP contribution in [0.3, 0.4) is 0 Å². The minimum absolute atomic E-state index is 0.950. The number of hydrogen-bond acceptors (Lipinski definition) is 1. The Bertz CT molecular complexity index is 50.0. The fourth-order valence-electron chi connectivity index (χ4n) is 0.720. The number of ether oxygens (including phenoxy) is 1. The van der Waals surface area contributed by atoms with Crippen LogP contribution < -0.4 is 4.90 Å². The highest BCUT2D eigenvalue weighted by atomic mass is 16.5. The van der Waals surface area contributed by atoms with E-state index in [4.69, 9.17) is 4.74 Å². The van der Waals surface area contributed by atoms with Gasteiger partial charge in [-0.25, -0.2) is 0 Å². The highest BCUT2D eigenvalue weighted by molar-refractivity contribution is 4.34. The van der Waals surface area contributed by atoms with E-state index in [2.05, 4.69) is 7.05 Å². The molecule has 0 unspecified atom stereocenters. The summed E-state index contributed by atoms with van der Waals surface area (Å²) in [6.45, 7) is 4.26. The van der Waals surface area contributed by atoms with Gasteiger partial charge in [0.2, 0.25) is 0 Å². The second-order valence-corrected chi connectivity index (χ2v) is 2.07. The molecule has 7 heavy (non-hydrogen) atoms. The van der Waals surface area contributed by atoms with Gasteiger partial charge in [0, 0.05) is 0 Å². The van der Waals surface area contributed by atoms with Crippen molar-refractivity contribution in [3.8, 4) is 0 Å². The lowest BCUT2D eigenvalue weighted by Crippen LogP contribution is -3.11. The zero-order valence-corrected chi connectivity index (χ0v) is 4.74. The van der Waals surface area contributed by atoms with E-state index in [0.29, 0.717) is 0 Å². The molecule has 1 rings (SSSR count). The van der Waals surface area contributed by atoms with Crippen LogP contribution in [0.5, 0.6) is 0 Å². The zero-order valence-electron chi connectivity index (χ0n) is 4.74. The van der Waals surface area contributed by atoms with Crippen LogP contribution in [0.2, 0.25) is 0 Å². The fourth-order valence-corrected chi connectivity index (χ4v) is 0.720. The summed E-state index contributed by atoms with van der Waals surface area (Å²) in [5.41, 5.74) is 0. The number of morpholine rings is 1. The molecular weight excluding hydrogens is 90.1 g/mol. The second kappa shape index (κ2) is 2.28. The Balaban J connectivity index is 2.12. The average molecular weight is 102 g/mol. The first kappa shape index (κ1) is 5.06. The van der Waals surface area contributed by atoms with E-state index in [9.17, 15) is 0 Å². The van der Waals surface area contributed by atoms with E-state index in [0.717, 1.165) is 13.2 Å². The van der Waals surface area contributed by atoms with Crippen molar-refractivity contribution in [2.24, 2.45) is 0 Å². The molecule has 2 heteroatoms.